The van der Waals surface area contributed by atoms with Crippen LogP contribution < -0.4 is 0 Å². The average molecular weight is 169 g/mol. The SMILES string of the molecule is CC(C)S(=O)C(C)(C)Cl. The minimum Gasteiger partial charge on any atom is -0.258 e. The summed E-state index contributed by atoms with van der Waals surface area (Å²) in [4.78, 5) is 0. The summed E-state index contributed by atoms with van der Waals surface area (Å²) in [7, 11) is -0.924. The molecule has 0 amide bonds. The lowest BCUT2D eigenvalue weighted by Crippen LogP contribution is -2.25. The van der Waals surface area contributed by atoms with Gasteiger partial charge < -0.3 is 0 Å². The predicted octanol–water partition coefficient (Wildman–Crippen LogP) is 2.12. The number of rotatable bonds is 2. The molecule has 0 rings (SSSR count). The van der Waals surface area contributed by atoms with E-state index >= 15 is 0 Å². The van der Waals surface area contributed by atoms with Gasteiger partial charge in [-0.15, -0.1) is 11.6 Å². The van der Waals surface area contributed by atoms with Crippen LogP contribution in [0.3, 0.4) is 0 Å². The van der Waals surface area contributed by atoms with Gasteiger partial charge in [-0.25, -0.2) is 0 Å². The number of hydrogen-bond donors (Lipinski definition) is 0. The molecular formula is C6H13ClOS. The first-order valence-electron chi connectivity index (χ1n) is 2.95. The van der Waals surface area contributed by atoms with Crippen LogP contribution in [0.1, 0.15) is 27.7 Å². The molecule has 56 valence electrons. The van der Waals surface area contributed by atoms with Crippen LogP contribution in [0.5, 0.6) is 0 Å². The van der Waals surface area contributed by atoms with E-state index in [1.165, 1.54) is 0 Å². The Morgan fingerprint density at radius 3 is 1.78 bits per heavy atom. The van der Waals surface area contributed by atoms with E-state index in [9.17, 15) is 4.21 Å². The summed E-state index contributed by atoms with van der Waals surface area (Å²) in [5, 5.41) is 0.150. The molecule has 0 N–H and O–H groups in total. The second-order valence-corrected chi connectivity index (χ2v) is 6.44. The van der Waals surface area contributed by atoms with Crippen molar-refractivity contribution in [2.24, 2.45) is 0 Å². The monoisotopic (exact) mass is 168 g/mol. The molecule has 1 atom stereocenters. The highest BCUT2D eigenvalue weighted by molar-refractivity contribution is 7.88. The van der Waals surface area contributed by atoms with Crippen LogP contribution in [0.15, 0.2) is 0 Å². The fraction of sp³-hybridized carbons (Fsp3) is 1.00. The minimum absolute atomic E-state index is 0.150. The van der Waals surface area contributed by atoms with E-state index in [-0.39, 0.29) is 5.25 Å². The van der Waals surface area contributed by atoms with Gasteiger partial charge in [-0.1, -0.05) is 13.8 Å². The quantitative estimate of drug-likeness (QED) is 0.578. The number of halogens is 1. The van der Waals surface area contributed by atoms with Gasteiger partial charge in [0.1, 0.15) is 4.21 Å². The van der Waals surface area contributed by atoms with Crippen molar-refractivity contribution in [1.29, 1.82) is 0 Å². The van der Waals surface area contributed by atoms with Gasteiger partial charge in [-0.2, -0.15) is 0 Å². The largest absolute Gasteiger partial charge is 0.258 e. The Kier molecular flexibility index (Phi) is 3.17. The molecule has 0 aromatic rings. The maximum atomic E-state index is 11.1. The molecule has 9 heavy (non-hydrogen) atoms. The summed E-state index contributed by atoms with van der Waals surface area (Å²) in [6, 6.07) is 0. The Morgan fingerprint density at radius 2 is 1.78 bits per heavy atom. The van der Waals surface area contributed by atoms with Gasteiger partial charge in [-0.3, -0.25) is 4.21 Å². The molecule has 0 aromatic heterocycles. The third kappa shape index (κ3) is 3.21. The Bertz CT molecular complexity index is 115. The van der Waals surface area contributed by atoms with E-state index in [0.29, 0.717) is 0 Å². The first-order chi connectivity index (χ1) is 3.85. The van der Waals surface area contributed by atoms with Crippen molar-refractivity contribution in [3.8, 4) is 0 Å². The highest BCUT2D eigenvalue weighted by Gasteiger charge is 2.24. The smallest absolute Gasteiger partial charge is 0.114 e. The average Bonchev–Trinajstić information content (AvgIpc) is 1.62. The summed E-state index contributed by atoms with van der Waals surface area (Å²) in [6.45, 7) is 7.34. The lowest BCUT2D eigenvalue weighted by molar-refractivity contribution is 0.664. The van der Waals surface area contributed by atoms with Crippen molar-refractivity contribution < 1.29 is 4.21 Å². The molecule has 0 fully saturated rings. The van der Waals surface area contributed by atoms with E-state index in [1.54, 1.807) is 13.8 Å². The van der Waals surface area contributed by atoms with Crippen LogP contribution in [-0.2, 0) is 10.8 Å². The zero-order valence-corrected chi connectivity index (χ0v) is 7.84. The van der Waals surface area contributed by atoms with E-state index < -0.39 is 15.0 Å². The summed E-state index contributed by atoms with van der Waals surface area (Å²) in [5.41, 5.74) is 0. The second kappa shape index (κ2) is 3.02. The summed E-state index contributed by atoms with van der Waals surface area (Å²) >= 11 is 5.78. The fourth-order valence-electron chi connectivity index (χ4n) is 0.560. The Labute approximate surface area is 64.2 Å². The van der Waals surface area contributed by atoms with Gasteiger partial charge in [0.05, 0.1) is 0 Å². The predicted molar refractivity (Wildman–Crippen MR) is 43.2 cm³/mol. The zero-order chi connectivity index (χ0) is 7.65. The fourth-order valence-corrected chi connectivity index (χ4v) is 2.22. The summed E-state index contributed by atoms with van der Waals surface area (Å²) in [5.74, 6) is 0. The van der Waals surface area contributed by atoms with Gasteiger partial charge in [0.2, 0.25) is 0 Å². The molecule has 0 saturated carbocycles. The van der Waals surface area contributed by atoms with E-state index in [1.807, 2.05) is 13.8 Å². The highest BCUT2D eigenvalue weighted by atomic mass is 35.5. The molecule has 0 bridgehead atoms. The van der Waals surface area contributed by atoms with Crippen LogP contribution >= 0.6 is 11.6 Å². The molecule has 0 aliphatic carbocycles. The van der Waals surface area contributed by atoms with E-state index in [2.05, 4.69) is 0 Å². The molecule has 0 aliphatic rings. The molecule has 1 nitrogen and oxygen atoms in total. The topological polar surface area (TPSA) is 17.1 Å². The molecule has 0 spiro atoms. The van der Waals surface area contributed by atoms with Crippen LogP contribution in [-0.4, -0.2) is 13.7 Å². The molecule has 0 radical (unpaired) electrons. The van der Waals surface area contributed by atoms with Gasteiger partial charge in [0.25, 0.3) is 0 Å². The Hall–Kier alpha value is 0.440. The molecule has 0 saturated heterocycles. The van der Waals surface area contributed by atoms with Crippen molar-refractivity contribution in [2.45, 2.75) is 37.2 Å². The van der Waals surface area contributed by atoms with E-state index in [4.69, 9.17) is 11.6 Å². The third-order valence-corrected chi connectivity index (χ3v) is 3.18. The maximum absolute atomic E-state index is 11.1. The first kappa shape index (κ1) is 9.44. The normalized spacial score (nSPS) is 16.2. The second-order valence-electron chi connectivity index (χ2n) is 2.71. The lowest BCUT2D eigenvalue weighted by atomic mass is 10.5. The van der Waals surface area contributed by atoms with E-state index in [0.717, 1.165) is 0 Å². The van der Waals surface area contributed by atoms with Crippen molar-refractivity contribution in [2.75, 3.05) is 0 Å². The number of alkyl halides is 1. The Balaban J connectivity index is 4.06. The molecule has 0 aliphatic heterocycles. The summed E-state index contributed by atoms with van der Waals surface area (Å²) < 4.78 is 10.6. The van der Waals surface area contributed by atoms with Crippen molar-refractivity contribution in [1.82, 2.24) is 0 Å². The highest BCUT2D eigenvalue weighted by Crippen LogP contribution is 2.20. The van der Waals surface area contributed by atoms with Crippen LogP contribution in [0.4, 0.5) is 0 Å². The lowest BCUT2D eigenvalue weighted by Gasteiger charge is -2.17. The molecular weight excluding hydrogens is 156 g/mol. The first-order valence-corrected chi connectivity index (χ1v) is 4.54. The molecule has 1 unspecified atom stereocenters. The van der Waals surface area contributed by atoms with Crippen LogP contribution in [0.25, 0.3) is 0 Å². The maximum Gasteiger partial charge on any atom is 0.114 e. The van der Waals surface area contributed by atoms with Gasteiger partial charge in [0, 0.05) is 16.0 Å². The molecule has 0 heterocycles. The molecule has 3 heteroatoms. The van der Waals surface area contributed by atoms with Crippen molar-refractivity contribution in [3.63, 3.8) is 0 Å². The van der Waals surface area contributed by atoms with Gasteiger partial charge in [-0.05, 0) is 13.8 Å². The standard InChI is InChI=1S/C6H13ClOS/c1-5(2)9(8)6(3,4)7/h5H,1-4H3. The van der Waals surface area contributed by atoms with Crippen LogP contribution in [0.2, 0.25) is 0 Å². The summed E-state index contributed by atoms with van der Waals surface area (Å²) in [6.07, 6.45) is 0. The third-order valence-electron chi connectivity index (χ3n) is 0.907. The van der Waals surface area contributed by atoms with Gasteiger partial charge in [0.15, 0.2) is 0 Å². The van der Waals surface area contributed by atoms with Gasteiger partial charge >= 0.3 is 0 Å². The number of hydrogen-bond acceptors (Lipinski definition) is 1. The zero-order valence-electron chi connectivity index (χ0n) is 6.27. The van der Waals surface area contributed by atoms with Crippen LogP contribution in [0, 0.1) is 0 Å². The Morgan fingerprint density at radius 1 is 1.44 bits per heavy atom. The minimum atomic E-state index is -0.924. The van der Waals surface area contributed by atoms with Crippen molar-refractivity contribution in [3.05, 3.63) is 0 Å². The van der Waals surface area contributed by atoms with Crippen molar-refractivity contribution >= 4 is 22.4 Å². The molecule has 0 aromatic carbocycles.